The monoisotopic (exact) mass is 388 g/mol. The van der Waals surface area contributed by atoms with E-state index in [4.69, 9.17) is 4.99 Å². The number of benzene rings is 2. The van der Waals surface area contributed by atoms with E-state index in [0.29, 0.717) is 0 Å². The quantitative estimate of drug-likeness (QED) is 0.626. The minimum absolute atomic E-state index is 0.112. The Morgan fingerprint density at radius 3 is 2.89 bits per heavy atom. The van der Waals surface area contributed by atoms with Gasteiger partial charge in [0.15, 0.2) is 11.0 Å². The first kappa shape index (κ1) is 17.3. The highest BCUT2D eigenvalue weighted by Crippen LogP contribution is 2.42. The van der Waals surface area contributed by atoms with Gasteiger partial charge in [0.2, 0.25) is 0 Å². The lowest BCUT2D eigenvalue weighted by atomic mass is 10.0. The van der Waals surface area contributed by atoms with Crippen molar-refractivity contribution in [3.63, 3.8) is 0 Å². The van der Waals surface area contributed by atoms with Crippen LogP contribution in [0.4, 0.5) is 5.69 Å². The zero-order valence-electron chi connectivity index (χ0n) is 15.7. The molecule has 5 rings (SSSR count). The Morgan fingerprint density at radius 1 is 1.21 bits per heavy atom. The summed E-state index contributed by atoms with van der Waals surface area (Å²) in [6, 6.07) is 16.3. The number of H-pyrrole nitrogens is 1. The summed E-state index contributed by atoms with van der Waals surface area (Å²) in [6.45, 7) is 3.91. The Morgan fingerprint density at radius 2 is 2.00 bits per heavy atom. The molecule has 1 aromatic heterocycles. The molecule has 0 unspecified atom stereocenters. The number of amidine groups is 1. The highest BCUT2D eigenvalue weighted by Gasteiger charge is 2.34. The molecule has 0 aliphatic carbocycles. The maximum Gasteiger partial charge on any atom is 0.186 e. The van der Waals surface area contributed by atoms with Crippen LogP contribution in [0, 0.1) is 6.92 Å². The molecule has 0 spiro atoms. The Balaban J connectivity index is 1.47. The van der Waals surface area contributed by atoms with E-state index in [1.165, 1.54) is 17.3 Å². The van der Waals surface area contributed by atoms with Gasteiger partial charge in [-0.3, -0.25) is 4.79 Å². The van der Waals surface area contributed by atoms with Gasteiger partial charge in [-0.25, -0.2) is 10.0 Å². The fraction of sp³-hybridized carbons (Fsp3) is 0.227. The van der Waals surface area contributed by atoms with Gasteiger partial charge < -0.3 is 4.98 Å². The van der Waals surface area contributed by atoms with Crippen molar-refractivity contribution < 1.29 is 4.79 Å². The van der Waals surface area contributed by atoms with E-state index in [9.17, 15) is 4.79 Å². The van der Waals surface area contributed by atoms with Crippen LogP contribution in [0.25, 0.3) is 10.9 Å². The van der Waals surface area contributed by atoms with Crippen molar-refractivity contribution in [3.05, 3.63) is 65.4 Å². The van der Waals surface area contributed by atoms with Crippen molar-refractivity contribution in [2.24, 2.45) is 10.1 Å². The van der Waals surface area contributed by atoms with Gasteiger partial charge in [-0.05, 0) is 26.0 Å². The number of aromatic amines is 1. The first-order valence-electron chi connectivity index (χ1n) is 9.41. The van der Waals surface area contributed by atoms with Crippen molar-refractivity contribution >= 4 is 45.5 Å². The zero-order chi connectivity index (χ0) is 19.3. The summed E-state index contributed by atoms with van der Waals surface area (Å²) in [7, 11) is 0. The lowest BCUT2D eigenvalue weighted by Gasteiger charge is -2.30. The van der Waals surface area contributed by atoms with Crippen LogP contribution in [0.3, 0.4) is 0 Å². The molecule has 2 atom stereocenters. The second kappa shape index (κ2) is 6.63. The van der Waals surface area contributed by atoms with Crippen molar-refractivity contribution in [2.75, 3.05) is 0 Å². The molecule has 0 amide bonds. The average Bonchev–Trinajstić information content (AvgIpc) is 3.31. The topological polar surface area (TPSA) is 60.8 Å². The maximum atomic E-state index is 13.3. The number of nitrogens with one attached hydrogen (secondary N) is 1. The number of hydrazone groups is 1. The number of thioether (sulfide) groups is 1. The second-order valence-corrected chi connectivity index (χ2v) is 8.45. The van der Waals surface area contributed by atoms with Crippen molar-refractivity contribution in [1.82, 2.24) is 9.99 Å². The zero-order valence-corrected chi connectivity index (χ0v) is 16.5. The third kappa shape index (κ3) is 2.67. The molecule has 6 heteroatoms. The number of Topliss-reactive ketones (excluding diaryl/α,β-unsaturated/α-hetero) is 1. The molecule has 3 aromatic rings. The predicted octanol–water partition coefficient (Wildman–Crippen LogP) is 5.21. The minimum Gasteiger partial charge on any atom is -0.358 e. The number of aryl methyl sites for hydroxylation is 1. The van der Waals surface area contributed by atoms with Gasteiger partial charge in [-0.15, -0.1) is 0 Å². The third-order valence-electron chi connectivity index (χ3n) is 5.33. The molecule has 0 saturated heterocycles. The molecular weight excluding hydrogens is 368 g/mol. The van der Waals surface area contributed by atoms with Crippen LogP contribution >= 0.6 is 11.8 Å². The lowest BCUT2D eigenvalue weighted by Crippen LogP contribution is -2.30. The van der Waals surface area contributed by atoms with Crippen LogP contribution in [0.1, 0.15) is 41.0 Å². The molecule has 28 heavy (non-hydrogen) atoms. The summed E-state index contributed by atoms with van der Waals surface area (Å²) in [5.74, 6) is 0.112. The maximum absolute atomic E-state index is 13.3. The molecule has 1 N–H and O–H groups in total. The molecule has 0 saturated carbocycles. The Hall–Kier alpha value is -2.86. The average molecular weight is 388 g/mol. The van der Waals surface area contributed by atoms with Crippen LogP contribution < -0.4 is 0 Å². The summed E-state index contributed by atoms with van der Waals surface area (Å²) in [6.07, 6.45) is 2.79. The molecule has 2 aliphatic heterocycles. The number of ketones is 1. The first-order chi connectivity index (χ1) is 13.6. The highest BCUT2D eigenvalue weighted by molar-refractivity contribution is 8.14. The largest absolute Gasteiger partial charge is 0.358 e. The number of hydrogen-bond donors (Lipinski definition) is 1. The molecule has 0 fully saturated rings. The van der Waals surface area contributed by atoms with E-state index >= 15 is 0 Å². The standard InChI is InChI=1S/C22H20N4OS/c1-13-20(16-8-4-6-10-18(16)24-13)21(27)14(2)28-22-25-17-9-5-3-7-15(17)19-11-12-23-26(19)22/h3-10,12,14,19,24H,11H2,1-2H3/t14-,19+/m0/s1. The number of fused-ring (bicyclic) bond motifs is 4. The van der Waals surface area contributed by atoms with Gasteiger partial charge in [0.1, 0.15) is 0 Å². The van der Waals surface area contributed by atoms with E-state index in [2.05, 4.69) is 16.2 Å². The van der Waals surface area contributed by atoms with Gasteiger partial charge in [-0.2, -0.15) is 5.10 Å². The van der Waals surface area contributed by atoms with Crippen LogP contribution in [0.2, 0.25) is 0 Å². The molecule has 5 nitrogen and oxygen atoms in total. The van der Waals surface area contributed by atoms with Gasteiger partial charge in [0.05, 0.1) is 17.0 Å². The van der Waals surface area contributed by atoms with Gasteiger partial charge in [0.25, 0.3) is 0 Å². The number of nitrogens with zero attached hydrogens (tertiary/aromatic N) is 3. The van der Waals surface area contributed by atoms with E-state index in [0.717, 1.165) is 39.4 Å². The van der Waals surface area contributed by atoms with Gasteiger partial charge in [0, 0.05) is 40.4 Å². The van der Waals surface area contributed by atoms with Crippen molar-refractivity contribution in [3.8, 4) is 0 Å². The highest BCUT2D eigenvalue weighted by atomic mass is 32.2. The van der Waals surface area contributed by atoms with Crippen LogP contribution in [-0.4, -0.2) is 32.4 Å². The number of aliphatic imine (C=N–C) groups is 1. The number of carbonyl (C=O) groups excluding carboxylic acids is 1. The third-order valence-corrected chi connectivity index (χ3v) is 6.39. The fourth-order valence-corrected chi connectivity index (χ4v) is 4.95. The van der Waals surface area contributed by atoms with E-state index in [-0.39, 0.29) is 17.1 Å². The normalized spacial score (nSPS) is 18.7. The lowest BCUT2D eigenvalue weighted by molar-refractivity contribution is 0.0995. The SMILES string of the molecule is Cc1[nH]c2ccccc2c1C(=O)[C@H](C)SC1=Nc2ccccc2[C@H]2CC=NN12. The summed E-state index contributed by atoms with van der Waals surface area (Å²) in [5, 5.41) is 7.98. The number of hydrogen-bond acceptors (Lipinski definition) is 5. The smallest absolute Gasteiger partial charge is 0.186 e. The van der Waals surface area contributed by atoms with E-state index in [1.54, 1.807) is 0 Å². The van der Waals surface area contributed by atoms with Crippen molar-refractivity contribution in [2.45, 2.75) is 31.6 Å². The van der Waals surface area contributed by atoms with Crippen LogP contribution in [0.15, 0.2) is 58.6 Å². The second-order valence-electron chi connectivity index (χ2n) is 7.14. The number of para-hydroxylation sites is 2. The van der Waals surface area contributed by atoms with Gasteiger partial charge >= 0.3 is 0 Å². The summed E-state index contributed by atoms with van der Waals surface area (Å²) in [5.41, 5.74) is 4.84. The number of aromatic nitrogens is 1. The molecule has 2 aromatic carbocycles. The minimum atomic E-state index is -0.265. The summed E-state index contributed by atoms with van der Waals surface area (Å²) >= 11 is 1.48. The molecule has 3 heterocycles. The molecule has 0 radical (unpaired) electrons. The van der Waals surface area contributed by atoms with E-state index in [1.807, 2.05) is 67.5 Å². The Kier molecular flexibility index (Phi) is 4.09. The van der Waals surface area contributed by atoms with Crippen LogP contribution in [0.5, 0.6) is 0 Å². The first-order valence-corrected chi connectivity index (χ1v) is 10.3. The van der Waals surface area contributed by atoms with E-state index < -0.39 is 0 Å². The molecule has 2 aliphatic rings. The summed E-state index contributed by atoms with van der Waals surface area (Å²) in [4.78, 5) is 21.4. The summed E-state index contributed by atoms with van der Waals surface area (Å²) < 4.78 is 0. The Labute approximate surface area is 167 Å². The predicted molar refractivity (Wildman–Crippen MR) is 116 cm³/mol. The van der Waals surface area contributed by atoms with Gasteiger partial charge in [-0.1, -0.05) is 48.2 Å². The molecule has 140 valence electrons. The molecular formula is C22H20N4OS. The Bertz CT molecular complexity index is 1150. The van der Waals surface area contributed by atoms with Crippen molar-refractivity contribution in [1.29, 1.82) is 0 Å². The molecule has 0 bridgehead atoms. The number of rotatable bonds is 3. The van der Waals surface area contributed by atoms with Crippen LogP contribution in [-0.2, 0) is 0 Å². The fourth-order valence-electron chi connectivity index (χ4n) is 3.97. The number of carbonyl (C=O) groups is 1.